The van der Waals surface area contributed by atoms with Crippen LogP contribution in [0.15, 0.2) is 29.3 Å². The predicted octanol–water partition coefficient (Wildman–Crippen LogP) is 1.61. The summed E-state index contributed by atoms with van der Waals surface area (Å²) in [4.78, 5) is 16.3. The van der Waals surface area contributed by atoms with Crippen LogP contribution in [0.3, 0.4) is 0 Å². The lowest BCUT2D eigenvalue weighted by Crippen LogP contribution is -2.45. The Labute approximate surface area is 112 Å². The summed E-state index contributed by atoms with van der Waals surface area (Å²) < 4.78 is 12.9. The summed E-state index contributed by atoms with van der Waals surface area (Å²) in [6.07, 6.45) is 1.42. The maximum absolute atomic E-state index is 12.9. The monoisotopic (exact) mass is 263 g/mol. The summed E-state index contributed by atoms with van der Waals surface area (Å²) >= 11 is 0. The van der Waals surface area contributed by atoms with Crippen molar-refractivity contribution < 1.29 is 9.18 Å². The summed E-state index contributed by atoms with van der Waals surface area (Å²) in [5.74, 6) is 0.145. The van der Waals surface area contributed by atoms with E-state index in [1.807, 2.05) is 13.8 Å². The van der Waals surface area contributed by atoms with Crippen LogP contribution in [0.5, 0.6) is 0 Å². The highest BCUT2D eigenvalue weighted by atomic mass is 19.1. The number of carbonyl (C=O) groups excluding carboxylic acids is 1. The van der Waals surface area contributed by atoms with Gasteiger partial charge in [-0.25, -0.2) is 4.39 Å². The van der Waals surface area contributed by atoms with Crippen molar-refractivity contribution >= 4 is 11.9 Å². The number of halogens is 1. The normalized spacial score (nSPS) is 24.4. The van der Waals surface area contributed by atoms with Crippen LogP contribution in [-0.4, -0.2) is 24.0 Å². The maximum atomic E-state index is 12.9. The van der Waals surface area contributed by atoms with E-state index in [0.717, 1.165) is 12.0 Å². The van der Waals surface area contributed by atoms with Gasteiger partial charge >= 0.3 is 0 Å². The number of aliphatic imine (C=N–C) groups is 1. The molecule has 0 bridgehead atoms. The van der Waals surface area contributed by atoms with Gasteiger partial charge in [0.2, 0.25) is 0 Å². The molecular weight excluding hydrogens is 245 g/mol. The minimum Gasteiger partial charge on any atom is -0.342 e. The Balaban J connectivity index is 2.10. The highest BCUT2D eigenvalue weighted by molar-refractivity contribution is 6.08. The Morgan fingerprint density at radius 1 is 1.32 bits per heavy atom. The highest BCUT2D eigenvalue weighted by Crippen LogP contribution is 2.17. The maximum Gasteiger partial charge on any atom is 0.252 e. The van der Waals surface area contributed by atoms with Gasteiger partial charge in [-0.15, -0.1) is 0 Å². The zero-order chi connectivity index (χ0) is 13.9. The van der Waals surface area contributed by atoms with E-state index >= 15 is 0 Å². The van der Waals surface area contributed by atoms with E-state index in [4.69, 9.17) is 0 Å². The first-order valence-electron chi connectivity index (χ1n) is 6.42. The van der Waals surface area contributed by atoms with Crippen LogP contribution < -0.4 is 10.6 Å². The zero-order valence-electron chi connectivity index (χ0n) is 11.2. The van der Waals surface area contributed by atoms with E-state index in [2.05, 4.69) is 15.6 Å². The van der Waals surface area contributed by atoms with E-state index in [-0.39, 0.29) is 11.7 Å². The second-order valence-electron chi connectivity index (χ2n) is 4.94. The Bertz CT molecular complexity index is 498. The molecule has 1 aliphatic heterocycles. The van der Waals surface area contributed by atoms with Crippen LogP contribution in [0, 0.1) is 5.82 Å². The van der Waals surface area contributed by atoms with Crippen LogP contribution in [0.25, 0.3) is 0 Å². The molecule has 1 aromatic rings. The van der Waals surface area contributed by atoms with Crippen molar-refractivity contribution in [1.82, 2.24) is 10.6 Å². The number of carbonyl (C=O) groups is 1. The largest absolute Gasteiger partial charge is 0.342 e. The van der Waals surface area contributed by atoms with Gasteiger partial charge in [-0.05, 0) is 31.0 Å². The minimum atomic E-state index is -0.732. The molecule has 0 aromatic heterocycles. The van der Waals surface area contributed by atoms with Gasteiger partial charge in [-0.3, -0.25) is 15.1 Å². The highest BCUT2D eigenvalue weighted by Gasteiger charge is 2.40. The van der Waals surface area contributed by atoms with Crippen molar-refractivity contribution in [2.24, 2.45) is 4.99 Å². The van der Waals surface area contributed by atoms with Gasteiger partial charge in [0.05, 0.1) is 0 Å². The molecular formula is C14H18FN3O. The molecule has 0 spiro atoms. The number of hydrogen-bond acceptors (Lipinski definition) is 2. The molecule has 19 heavy (non-hydrogen) atoms. The van der Waals surface area contributed by atoms with Crippen molar-refractivity contribution in [2.75, 3.05) is 6.54 Å². The van der Waals surface area contributed by atoms with Crippen LogP contribution in [0.1, 0.15) is 25.8 Å². The second kappa shape index (κ2) is 5.38. The van der Waals surface area contributed by atoms with Crippen molar-refractivity contribution in [3.63, 3.8) is 0 Å². The van der Waals surface area contributed by atoms with Gasteiger partial charge in [-0.2, -0.15) is 0 Å². The quantitative estimate of drug-likeness (QED) is 0.867. The van der Waals surface area contributed by atoms with Crippen molar-refractivity contribution in [3.8, 4) is 0 Å². The van der Waals surface area contributed by atoms with Crippen molar-refractivity contribution in [3.05, 3.63) is 35.6 Å². The van der Waals surface area contributed by atoms with Crippen LogP contribution in [0.2, 0.25) is 0 Å². The summed E-state index contributed by atoms with van der Waals surface area (Å²) in [5, 5.41) is 5.85. The third kappa shape index (κ3) is 3.10. The molecule has 0 radical (unpaired) electrons. The number of rotatable bonds is 4. The fraction of sp³-hybridized carbons (Fsp3) is 0.429. The number of hydrogen-bond donors (Lipinski definition) is 2. The Morgan fingerprint density at radius 2 is 2.00 bits per heavy atom. The van der Waals surface area contributed by atoms with E-state index < -0.39 is 5.54 Å². The summed E-state index contributed by atoms with van der Waals surface area (Å²) in [7, 11) is 0. The SMILES string of the molecule is CCCN=C1NC(=O)C(C)(Cc2ccc(F)cc2)N1. The second-order valence-corrected chi connectivity index (χ2v) is 4.94. The van der Waals surface area contributed by atoms with E-state index in [0.29, 0.717) is 18.9 Å². The van der Waals surface area contributed by atoms with Crippen LogP contribution in [-0.2, 0) is 11.2 Å². The fourth-order valence-corrected chi connectivity index (χ4v) is 2.03. The zero-order valence-corrected chi connectivity index (χ0v) is 11.2. The molecule has 0 aliphatic carbocycles. The number of nitrogens with zero attached hydrogens (tertiary/aromatic N) is 1. The molecule has 1 atom stereocenters. The average Bonchev–Trinajstić information content (AvgIpc) is 2.65. The minimum absolute atomic E-state index is 0.105. The van der Waals surface area contributed by atoms with Crippen molar-refractivity contribution in [2.45, 2.75) is 32.2 Å². The molecule has 1 unspecified atom stereocenters. The summed E-state index contributed by atoms with van der Waals surface area (Å²) in [6, 6.07) is 6.18. The lowest BCUT2D eigenvalue weighted by Gasteiger charge is -2.21. The van der Waals surface area contributed by atoms with Gasteiger partial charge in [0.1, 0.15) is 11.4 Å². The van der Waals surface area contributed by atoms with E-state index in [9.17, 15) is 9.18 Å². The Morgan fingerprint density at radius 3 is 2.63 bits per heavy atom. The molecule has 2 rings (SSSR count). The van der Waals surface area contributed by atoms with Gasteiger partial charge in [0.25, 0.3) is 5.91 Å². The van der Waals surface area contributed by atoms with Gasteiger partial charge in [0, 0.05) is 13.0 Å². The summed E-state index contributed by atoms with van der Waals surface area (Å²) in [5.41, 5.74) is 0.174. The fourth-order valence-electron chi connectivity index (χ4n) is 2.03. The number of amides is 1. The van der Waals surface area contributed by atoms with E-state index in [1.165, 1.54) is 12.1 Å². The first-order valence-corrected chi connectivity index (χ1v) is 6.42. The number of benzene rings is 1. The van der Waals surface area contributed by atoms with Gasteiger partial charge in [-0.1, -0.05) is 19.1 Å². The lowest BCUT2D eigenvalue weighted by molar-refractivity contribution is -0.123. The van der Waals surface area contributed by atoms with Crippen LogP contribution >= 0.6 is 0 Å². The first kappa shape index (κ1) is 13.5. The molecule has 102 valence electrons. The molecule has 1 saturated heterocycles. The molecule has 1 fully saturated rings. The molecule has 4 nitrogen and oxygen atoms in total. The lowest BCUT2D eigenvalue weighted by atomic mass is 9.93. The third-order valence-corrected chi connectivity index (χ3v) is 3.09. The molecule has 5 heteroatoms. The predicted molar refractivity (Wildman–Crippen MR) is 72.4 cm³/mol. The molecule has 2 N–H and O–H groups in total. The summed E-state index contributed by atoms with van der Waals surface area (Å²) in [6.45, 7) is 4.52. The molecule has 1 heterocycles. The first-order chi connectivity index (χ1) is 9.03. The van der Waals surface area contributed by atoms with Gasteiger partial charge in [0.15, 0.2) is 5.96 Å². The standard InChI is InChI=1S/C14H18FN3O/c1-3-8-16-13-17-12(19)14(2,18-13)9-10-4-6-11(15)7-5-10/h4-7H,3,8-9H2,1-2H3,(H2,16,17,18,19). The molecule has 0 saturated carbocycles. The average molecular weight is 263 g/mol. The van der Waals surface area contributed by atoms with Crippen molar-refractivity contribution in [1.29, 1.82) is 0 Å². The Kier molecular flexibility index (Phi) is 3.83. The van der Waals surface area contributed by atoms with Gasteiger partial charge < -0.3 is 5.32 Å². The third-order valence-electron chi connectivity index (χ3n) is 3.09. The molecule has 1 aromatic carbocycles. The smallest absolute Gasteiger partial charge is 0.252 e. The topological polar surface area (TPSA) is 53.5 Å². The number of nitrogens with one attached hydrogen (secondary N) is 2. The Hall–Kier alpha value is -1.91. The molecule has 1 amide bonds. The van der Waals surface area contributed by atoms with E-state index in [1.54, 1.807) is 12.1 Å². The molecule has 1 aliphatic rings. The number of guanidine groups is 1. The van der Waals surface area contributed by atoms with Crippen LogP contribution in [0.4, 0.5) is 4.39 Å².